The molecule has 0 aliphatic rings. The molecule has 2 nitrogen and oxygen atoms in total. The molecular formula is C24H35NO. The molecule has 0 aliphatic carbocycles. The predicted molar refractivity (Wildman–Crippen MR) is 112 cm³/mol. The van der Waals surface area contributed by atoms with E-state index in [1.807, 2.05) is 6.07 Å². The average molecular weight is 354 g/mol. The zero-order valence-electron chi connectivity index (χ0n) is 17.6. The van der Waals surface area contributed by atoms with Gasteiger partial charge in [-0.1, -0.05) is 84.0 Å². The maximum absolute atomic E-state index is 6.08. The van der Waals surface area contributed by atoms with Crippen LogP contribution in [0.1, 0.15) is 58.2 Å². The average Bonchev–Trinajstić information content (AvgIpc) is 2.53. The fourth-order valence-corrected chi connectivity index (χ4v) is 2.84. The summed E-state index contributed by atoms with van der Waals surface area (Å²) < 4.78 is 6.08. The van der Waals surface area contributed by atoms with Crippen LogP contribution in [0.3, 0.4) is 0 Å². The summed E-state index contributed by atoms with van der Waals surface area (Å²) in [6.07, 6.45) is 0. The minimum absolute atomic E-state index is 0.161. The third kappa shape index (κ3) is 6.49. The molecule has 0 amide bonds. The third-order valence-corrected chi connectivity index (χ3v) is 4.35. The molecule has 0 unspecified atom stereocenters. The Morgan fingerprint density at radius 2 is 1.42 bits per heavy atom. The van der Waals surface area contributed by atoms with E-state index in [9.17, 15) is 0 Å². The molecule has 2 heteroatoms. The SMILES string of the molecule is CN(Cc1ccc(C(C)(C)C)cc1)Cc1ccccc1OCC(C)(C)C. The highest BCUT2D eigenvalue weighted by atomic mass is 16.5. The number of benzene rings is 2. The van der Waals surface area contributed by atoms with Gasteiger partial charge in [-0.3, -0.25) is 4.90 Å². The Morgan fingerprint density at radius 3 is 2.00 bits per heavy atom. The van der Waals surface area contributed by atoms with Gasteiger partial charge in [0.1, 0.15) is 5.75 Å². The van der Waals surface area contributed by atoms with Gasteiger partial charge in [0.25, 0.3) is 0 Å². The van der Waals surface area contributed by atoms with Gasteiger partial charge in [-0.2, -0.15) is 0 Å². The molecule has 0 saturated heterocycles. The Labute approximate surface area is 160 Å². The van der Waals surface area contributed by atoms with Crippen LogP contribution >= 0.6 is 0 Å². The summed E-state index contributed by atoms with van der Waals surface area (Å²) in [6, 6.07) is 17.4. The highest BCUT2D eigenvalue weighted by Gasteiger charge is 2.15. The van der Waals surface area contributed by atoms with E-state index in [-0.39, 0.29) is 10.8 Å². The maximum atomic E-state index is 6.08. The maximum Gasteiger partial charge on any atom is 0.123 e. The van der Waals surface area contributed by atoms with Crippen LogP contribution in [0.4, 0.5) is 0 Å². The highest BCUT2D eigenvalue weighted by molar-refractivity contribution is 5.33. The van der Waals surface area contributed by atoms with Gasteiger partial charge in [0, 0.05) is 18.7 Å². The molecule has 0 aliphatic heterocycles. The van der Waals surface area contributed by atoms with Gasteiger partial charge < -0.3 is 4.74 Å². The van der Waals surface area contributed by atoms with Gasteiger partial charge in [-0.05, 0) is 35.1 Å². The first-order valence-electron chi connectivity index (χ1n) is 9.53. The van der Waals surface area contributed by atoms with E-state index in [1.165, 1.54) is 16.7 Å². The van der Waals surface area contributed by atoms with Crippen LogP contribution in [-0.2, 0) is 18.5 Å². The van der Waals surface area contributed by atoms with Gasteiger partial charge >= 0.3 is 0 Å². The second-order valence-corrected chi connectivity index (χ2v) is 9.58. The second-order valence-electron chi connectivity index (χ2n) is 9.58. The number of rotatable bonds is 6. The summed E-state index contributed by atoms with van der Waals surface area (Å²) in [5, 5.41) is 0. The van der Waals surface area contributed by atoms with E-state index in [0.717, 1.165) is 25.4 Å². The summed E-state index contributed by atoms with van der Waals surface area (Å²) in [5.41, 5.74) is 4.32. The normalized spacial score (nSPS) is 12.5. The van der Waals surface area contributed by atoms with Crippen molar-refractivity contribution in [2.45, 2.75) is 60.0 Å². The summed E-state index contributed by atoms with van der Waals surface area (Å²) in [5.74, 6) is 0.998. The smallest absolute Gasteiger partial charge is 0.123 e. The lowest BCUT2D eigenvalue weighted by Gasteiger charge is -2.23. The Hall–Kier alpha value is -1.80. The lowest BCUT2D eigenvalue weighted by atomic mass is 9.87. The van der Waals surface area contributed by atoms with Gasteiger partial charge in [0.05, 0.1) is 6.61 Å². The Kier molecular flexibility index (Phi) is 6.52. The van der Waals surface area contributed by atoms with Crippen LogP contribution in [0.25, 0.3) is 0 Å². The number of hydrogen-bond donors (Lipinski definition) is 0. The molecule has 0 heterocycles. The predicted octanol–water partition coefficient (Wildman–Crippen LogP) is 6.04. The number of hydrogen-bond acceptors (Lipinski definition) is 2. The molecule has 0 spiro atoms. The van der Waals surface area contributed by atoms with Crippen molar-refractivity contribution in [2.24, 2.45) is 5.41 Å². The Balaban J connectivity index is 2.00. The molecule has 0 aromatic heterocycles. The van der Waals surface area contributed by atoms with E-state index in [4.69, 9.17) is 4.74 Å². The number of ether oxygens (including phenoxy) is 1. The standard InChI is InChI=1S/C24H35NO/c1-23(2,3)18-26-22-11-9-8-10-20(22)17-25(7)16-19-12-14-21(15-13-19)24(4,5)6/h8-15H,16-18H2,1-7H3. The minimum atomic E-state index is 0.161. The van der Waals surface area contributed by atoms with Crippen molar-refractivity contribution in [3.05, 3.63) is 65.2 Å². The Morgan fingerprint density at radius 1 is 0.808 bits per heavy atom. The molecular weight excluding hydrogens is 318 g/mol. The zero-order valence-corrected chi connectivity index (χ0v) is 17.6. The van der Waals surface area contributed by atoms with Gasteiger partial charge in [0.15, 0.2) is 0 Å². The molecule has 0 N–H and O–H groups in total. The first-order chi connectivity index (χ1) is 12.0. The first-order valence-corrected chi connectivity index (χ1v) is 9.53. The van der Waals surface area contributed by atoms with Crippen molar-refractivity contribution in [1.82, 2.24) is 4.90 Å². The fourth-order valence-electron chi connectivity index (χ4n) is 2.84. The topological polar surface area (TPSA) is 12.5 Å². The monoisotopic (exact) mass is 353 g/mol. The van der Waals surface area contributed by atoms with Crippen LogP contribution in [0, 0.1) is 5.41 Å². The van der Waals surface area contributed by atoms with E-state index >= 15 is 0 Å². The molecule has 142 valence electrons. The van der Waals surface area contributed by atoms with E-state index in [0.29, 0.717) is 0 Å². The van der Waals surface area contributed by atoms with Crippen LogP contribution in [0.2, 0.25) is 0 Å². The van der Waals surface area contributed by atoms with Crippen molar-refractivity contribution in [1.29, 1.82) is 0 Å². The van der Waals surface area contributed by atoms with Gasteiger partial charge in [0.2, 0.25) is 0 Å². The van der Waals surface area contributed by atoms with Crippen LogP contribution < -0.4 is 4.74 Å². The molecule has 0 atom stereocenters. The van der Waals surface area contributed by atoms with E-state index in [2.05, 4.69) is 96.0 Å². The summed E-state index contributed by atoms with van der Waals surface area (Å²) in [6.45, 7) is 15.9. The lowest BCUT2D eigenvalue weighted by Crippen LogP contribution is -2.20. The van der Waals surface area contributed by atoms with Gasteiger partial charge in [-0.25, -0.2) is 0 Å². The molecule has 2 rings (SSSR count). The third-order valence-electron chi connectivity index (χ3n) is 4.35. The van der Waals surface area contributed by atoms with Crippen molar-refractivity contribution in [3.8, 4) is 5.75 Å². The molecule has 0 radical (unpaired) electrons. The van der Waals surface area contributed by atoms with Crippen molar-refractivity contribution < 1.29 is 4.74 Å². The molecule has 0 fully saturated rings. The van der Waals surface area contributed by atoms with Gasteiger partial charge in [-0.15, -0.1) is 0 Å². The molecule has 0 bridgehead atoms. The van der Waals surface area contributed by atoms with E-state index < -0.39 is 0 Å². The summed E-state index contributed by atoms with van der Waals surface area (Å²) in [7, 11) is 2.16. The van der Waals surface area contributed by atoms with Crippen molar-refractivity contribution >= 4 is 0 Å². The molecule has 2 aromatic carbocycles. The fraction of sp³-hybridized carbons (Fsp3) is 0.500. The van der Waals surface area contributed by atoms with Crippen molar-refractivity contribution in [3.63, 3.8) is 0 Å². The summed E-state index contributed by atoms with van der Waals surface area (Å²) >= 11 is 0. The zero-order chi connectivity index (χ0) is 19.4. The van der Waals surface area contributed by atoms with E-state index in [1.54, 1.807) is 0 Å². The molecule has 2 aromatic rings. The van der Waals surface area contributed by atoms with Crippen LogP contribution in [0.15, 0.2) is 48.5 Å². The quantitative estimate of drug-likeness (QED) is 0.627. The Bertz CT molecular complexity index is 689. The summed E-state index contributed by atoms with van der Waals surface area (Å²) in [4.78, 5) is 2.34. The molecule has 26 heavy (non-hydrogen) atoms. The largest absolute Gasteiger partial charge is 0.493 e. The first kappa shape index (κ1) is 20.5. The number of para-hydroxylation sites is 1. The minimum Gasteiger partial charge on any atom is -0.493 e. The van der Waals surface area contributed by atoms with Crippen LogP contribution in [0.5, 0.6) is 5.75 Å². The lowest BCUT2D eigenvalue weighted by molar-refractivity contribution is 0.193. The van der Waals surface area contributed by atoms with Crippen LogP contribution in [-0.4, -0.2) is 18.6 Å². The van der Waals surface area contributed by atoms with Crippen molar-refractivity contribution in [2.75, 3.05) is 13.7 Å². The molecule has 0 saturated carbocycles. The second kappa shape index (κ2) is 8.26. The highest BCUT2D eigenvalue weighted by Crippen LogP contribution is 2.25. The number of nitrogens with zero attached hydrogens (tertiary/aromatic N) is 1.